The lowest BCUT2D eigenvalue weighted by atomic mass is 10.1. The fourth-order valence-corrected chi connectivity index (χ4v) is 2.08. The summed E-state index contributed by atoms with van der Waals surface area (Å²) in [5.41, 5.74) is 3.50. The zero-order valence-corrected chi connectivity index (χ0v) is 10.5. The molecule has 0 radical (unpaired) electrons. The van der Waals surface area contributed by atoms with E-state index >= 15 is 0 Å². The molecule has 0 aliphatic heterocycles. The van der Waals surface area contributed by atoms with E-state index in [1.165, 1.54) is 0 Å². The summed E-state index contributed by atoms with van der Waals surface area (Å²) in [5.74, 6) is -0.462. The molecule has 0 aliphatic carbocycles. The maximum Gasteiger partial charge on any atom is 0.241 e. The van der Waals surface area contributed by atoms with Crippen molar-refractivity contribution in [3.05, 3.63) is 58.9 Å². The van der Waals surface area contributed by atoms with Gasteiger partial charge in [0.05, 0.1) is 5.69 Å². The van der Waals surface area contributed by atoms with Gasteiger partial charge in [0.25, 0.3) is 0 Å². The number of benzene rings is 1. The monoisotopic (exact) mass is 241 g/mol. The fraction of sp³-hybridized carbons (Fsp3) is 0.200. The van der Waals surface area contributed by atoms with Crippen LogP contribution in [0.1, 0.15) is 27.2 Å². The maximum absolute atomic E-state index is 11.7. The molecule has 2 rings (SSSR count). The predicted octanol–water partition coefficient (Wildman–Crippen LogP) is 2.53. The molecule has 0 aliphatic rings. The van der Waals surface area contributed by atoms with E-state index in [2.05, 4.69) is 0 Å². The van der Waals surface area contributed by atoms with Gasteiger partial charge in [0.1, 0.15) is 0 Å². The van der Waals surface area contributed by atoms with Crippen molar-refractivity contribution in [3.8, 4) is 0 Å². The van der Waals surface area contributed by atoms with E-state index in [-0.39, 0.29) is 0 Å². The SMILES string of the molecule is Cc1cn(Cc2ccccc2)c(C(=O)C=O)c1C. The molecule has 1 aromatic carbocycles. The van der Waals surface area contributed by atoms with Gasteiger partial charge in [0.15, 0.2) is 6.29 Å². The van der Waals surface area contributed by atoms with Gasteiger partial charge in [-0.2, -0.15) is 0 Å². The van der Waals surface area contributed by atoms with E-state index in [0.717, 1.165) is 16.7 Å². The number of aromatic nitrogens is 1. The van der Waals surface area contributed by atoms with Crippen molar-refractivity contribution < 1.29 is 9.59 Å². The third-order valence-corrected chi connectivity index (χ3v) is 3.12. The molecule has 3 heteroatoms. The van der Waals surface area contributed by atoms with Gasteiger partial charge < -0.3 is 4.57 Å². The molecule has 0 atom stereocenters. The Hall–Kier alpha value is -2.16. The Labute approximate surface area is 106 Å². The number of hydrogen-bond acceptors (Lipinski definition) is 2. The van der Waals surface area contributed by atoms with Gasteiger partial charge in [0.2, 0.25) is 5.78 Å². The summed E-state index contributed by atoms with van der Waals surface area (Å²) < 4.78 is 1.84. The van der Waals surface area contributed by atoms with Crippen LogP contribution in [0.15, 0.2) is 36.5 Å². The smallest absolute Gasteiger partial charge is 0.241 e. The molecule has 0 N–H and O–H groups in total. The summed E-state index contributed by atoms with van der Waals surface area (Å²) in [7, 11) is 0. The molecule has 0 unspecified atom stereocenters. The van der Waals surface area contributed by atoms with Crippen molar-refractivity contribution in [3.63, 3.8) is 0 Å². The fourth-order valence-electron chi connectivity index (χ4n) is 2.08. The third kappa shape index (κ3) is 2.25. The van der Waals surface area contributed by atoms with Gasteiger partial charge in [-0.15, -0.1) is 0 Å². The number of Topliss-reactive ketones (excluding diaryl/α,β-unsaturated/α-hetero) is 1. The molecule has 1 heterocycles. The zero-order chi connectivity index (χ0) is 13.1. The van der Waals surface area contributed by atoms with Gasteiger partial charge in [-0.3, -0.25) is 9.59 Å². The van der Waals surface area contributed by atoms with E-state index < -0.39 is 5.78 Å². The van der Waals surface area contributed by atoms with E-state index in [9.17, 15) is 9.59 Å². The van der Waals surface area contributed by atoms with Crippen LogP contribution in [-0.2, 0) is 11.3 Å². The largest absolute Gasteiger partial charge is 0.340 e. The minimum Gasteiger partial charge on any atom is -0.340 e. The van der Waals surface area contributed by atoms with Crippen LogP contribution in [0, 0.1) is 13.8 Å². The molecule has 2 aromatic rings. The summed E-state index contributed by atoms with van der Waals surface area (Å²) in [6.45, 7) is 4.41. The Kier molecular flexibility index (Phi) is 3.42. The summed E-state index contributed by atoms with van der Waals surface area (Å²) >= 11 is 0. The van der Waals surface area contributed by atoms with Crippen LogP contribution in [0.25, 0.3) is 0 Å². The number of aryl methyl sites for hydroxylation is 1. The Morgan fingerprint density at radius 3 is 2.50 bits per heavy atom. The highest BCUT2D eigenvalue weighted by Crippen LogP contribution is 2.17. The van der Waals surface area contributed by atoms with E-state index in [0.29, 0.717) is 18.5 Å². The van der Waals surface area contributed by atoms with Gasteiger partial charge >= 0.3 is 0 Å². The first-order valence-electron chi connectivity index (χ1n) is 5.83. The highest BCUT2D eigenvalue weighted by atomic mass is 16.2. The molecule has 1 aromatic heterocycles. The maximum atomic E-state index is 11.7. The lowest BCUT2D eigenvalue weighted by molar-refractivity contribution is -0.104. The second-order valence-electron chi connectivity index (χ2n) is 4.38. The zero-order valence-electron chi connectivity index (χ0n) is 10.5. The summed E-state index contributed by atoms with van der Waals surface area (Å²) in [4.78, 5) is 22.4. The summed E-state index contributed by atoms with van der Waals surface area (Å²) in [6, 6.07) is 9.87. The van der Waals surface area contributed by atoms with Crippen LogP contribution < -0.4 is 0 Å². The first kappa shape index (κ1) is 12.3. The van der Waals surface area contributed by atoms with Crippen molar-refractivity contribution in [1.82, 2.24) is 4.57 Å². The summed E-state index contributed by atoms with van der Waals surface area (Å²) in [5, 5.41) is 0. The molecule has 0 bridgehead atoms. The van der Waals surface area contributed by atoms with Crippen LogP contribution in [0.3, 0.4) is 0 Å². The van der Waals surface area contributed by atoms with E-state index in [1.54, 1.807) is 0 Å². The second kappa shape index (κ2) is 5.00. The number of ketones is 1. The molecule has 0 amide bonds. The minimum absolute atomic E-state index is 0.378. The van der Waals surface area contributed by atoms with Crippen LogP contribution in [0.5, 0.6) is 0 Å². The van der Waals surface area contributed by atoms with Crippen molar-refractivity contribution in [2.24, 2.45) is 0 Å². The molecule has 92 valence electrons. The van der Waals surface area contributed by atoms with Crippen molar-refractivity contribution >= 4 is 12.1 Å². The topological polar surface area (TPSA) is 39.1 Å². The Balaban J connectivity index is 2.42. The number of aldehydes is 1. The number of hydrogen-bond donors (Lipinski definition) is 0. The predicted molar refractivity (Wildman–Crippen MR) is 69.8 cm³/mol. The number of rotatable bonds is 4. The average Bonchev–Trinajstić information content (AvgIpc) is 2.65. The van der Waals surface area contributed by atoms with Gasteiger partial charge in [-0.25, -0.2) is 0 Å². The Bertz CT molecular complexity index is 582. The van der Waals surface area contributed by atoms with Crippen molar-refractivity contribution in [2.45, 2.75) is 20.4 Å². The molecule has 3 nitrogen and oxygen atoms in total. The van der Waals surface area contributed by atoms with E-state index in [4.69, 9.17) is 0 Å². The standard InChI is InChI=1S/C15H15NO2/c1-11-8-16(9-13-6-4-3-5-7-13)15(12(11)2)14(18)10-17/h3-8,10H,9H2,1-2H3. The molecule has 18 heavy (non-hydrogen) atoms. The van der Waals surface area contributed by atoms with E-state index in [1.807, 2.05) is 54.9 Å². The third-order valence-electron chi connectivity index (χ3n) is 3.12. The highest BCUT2D eigenvalue weighted by Gasteiger charge is 2.16. The lowest BCUT2D eigenvalue weighted by Gasteiger charge is -2.07. The van der Waals surface area contributed by atoms with Crippen molar-refractivity contribution in [2.75, 3.05) is 0 Å². The average molecular weight is 241 g/mol. The van der Waals surface area contributed by atoms with Crippen LogP contribution in [0.4, 0.5) is 0 Å². The second-order valence-corrected chi connectivity index (χ2v) is 4.38. The highest BCUT2D eigenvalue weighted by molar-refractivity contribution is 6.33. The van der Waals surface area contributed by atoms with Gasteiger partial charge in [-0.1, -0.05) is 30.3 Å². The molecular weight excluding hydrogens is 226 g/mol. The normalized spacial score (nSPS) is 10.3. The molecule has 0 saturated carbocycles. The first-order valence-corrected chi connectivity index (χ1v) is 5.83. The van der Waals surface area contributed by atoms with Crippen molar-refractivity contribution in [1.29, 1.82) is 0 Å². The molecule has 0 saturated heterocycles. The number of nitrogens with zero attached hydrogens (tertiary/aromatic N) is 1. The molecule has 0 spiro atoms. The van der Waals surface area contributed by atoms with Gasteiger partial charge in [0, 0.05) is 12.7 Å². The number of carbonyl (C=O) groups is 2. The van der Waals surface area contributed by atoms with Gasteiger partial charge in [-0.05, 0) is 30.5 Å². The minimum atomic E-state index is -0.462. The lowest BCUT2D eigenvalue weighted by Crippen LogP contribution is -2.11. The Morgan fingerprint density at radius 2 is 1.89 bits per heavy atom. The van der Waals surface area contributed by atoms with Crippen LogP contribution in [0.2, 0.25) is 0 Å². The Morgan fingerprint density at radius 1 is 1.22 bits per heavy atom. The number of carbonyl (C=O) groups excluding carboxylic acids is 2. The van der Waals surface area contributed by atoms with Crippen LogP contribution >= 0.6 is 0 Å². The first-order chi connectivity index (χ1) is 8.63. The molecular formula is C15H15NO2. The van der Waals surface area contributed by atoms with Crippen LogP contribution in [-0.4, -0.2) is 16.6 Å². The molecule has 0 fully saturated rings. The quantitative estimate of drug-likeness (QED) is 0.469. The summed E-state index contributed by atoms with van der Waals surface area (Å²) in [6.07, 6.45) is 2.29.